The number of hydrogen-bond acceptors (Lipinski definition) is 4. The molecule has 0 unspecified atom stereocenters. The third-order valence-electron chi connectivity index (χ3n) is 3.05. The van der Waals surface area contributed by atoms with Crippen LogP contribution in [0, 0.1) is 0 Å². The summed E-state index contributed by atoms with van der Waals surface area (Å²) in [7, 11) is 0. The highest BCUT2D eigenvalue weighted by molar-refractivity contribution is 5.94. The molecule has 0 aromatic carbocycles. The second-order valence-corrected chi connectivity index (χ2v) is 4.44. The zero-order valence-electron chi connectivity index (χ0n) is 9.29. The topological polar surface area (TPSA) is 80.0 Å². The number of nitrogens with two attached hydrogens (primary N) is 1. The van der Waals surface area contributed by atoms with Crippen LogP contribution in [0.1, 0.15) is 36.5 Å². The number of anilines is 1. The van der Waals surface area contributed by atoms with Gasteiger partial charge in [-0.1, -0.05) is 0 Å². The average molecular weight is 220 g/mol. The highest BCUT2D eigenvalue weighted by Gasteiger charge is 2.33. The van der Waals surface area contributed by atoms with Crippen LogP contribution in [0.3, 0.4) is 0 Å². The number of hydrogen-bond donors (Lipinski definition) is 3. The lowest BCUT2D eigenvalue weighted by Gasteiger charge is -2.39. The first-order chi connectivity index (χ1) is 7.63. The van der Waals surface area contributed by atoms with E-state index in [-0.39, 0.29) is 11.4 Å². The third kappa shape index (κ3) is 2.14. The summed E-state index contributed by atoms with van der Waals surface area (Å²) in [6.07, 6.45) is 4.81. The van der Waals surface area contributed by atoms with E-state index in [1.54, 1.807) is 12.1 Å². The van der Waals surface area contributed by atoms with Gasteiger partial charge in [-0.2, -0.15) is 0 Å². The predicted octanol–water partition coefficient (Wildman–Crippen LogP) is 1.04. The molecule has 1 aromatic heterocycles. The van der Waals surface area contributed by atoms with E-state index >= 15 is 0 Å². The average Bonchev–Trinajstić information content (AvgIpc) is 2.27. The predicted molar refractivity (Wildman–Crippen MR) is 61.8 cm³/mol. The molecule has 1 saturated carbocycles. The zero-order valence-corrected chi connectivity index (χ0v) is 9.29. The number of hydrazine groups is 1. The minimum atomic E-state index is -0.0710. The quantitative estimate of drug-likeness (QED) is 0.525. The van der Waals surface area contributed by atoms with Crippen LogP contribution in [0.4, 0.5) is 5.82 Å². The van der Waals surface area contributed by atoms with E-state index in [4.69, 9.17) is 5.84 Å². The number of nitrogens with zero attached hydrogens (tertiary/aromatic N) is 1. The molecule has 4 N–H and O–H groups in total. The molecule has 0 bridgehead atoms. The first-order valence-corrected chi connectivity index (χ1v) is 5.38. The van der Waals surface area contributed by atoms with Gasteiger partial charge in [0.2, 0.25) is 0 Å². The fourth-order valence-corrected chi connectivity index (χ4v) is 1.79. The fourth-order valence-electron chi connectivity index (χ4n) is 1.79. The molecule has 0 spiro atoms. The van der Waals surface area contributed by atoms with Gasteiger partial charge >= 0.3 is 0 Å². The maximum atomic E-state index is 11.8. The molecule has 1 heterocycles. The Morgan fingerprint density at radius 2 is 2.25 bits per heavy atom. The highest BCUT2D eigenvalue weighted by Crippen LogP contribution is 2.31. The Labute approximate surface area is 94.4 Å². The number of rotatable bonds is 3. The minimum Gasteiger partial charge on any atom is -0.347 e. The summed E-state index contributed by atoms with van der Waals surface area (Å²) in [5.41, 5.74) is 2.96. The van der Waals surface area contributed by atoms with Crippen molar-refractivity contribution in [1.82, 2.24) is 10.3 Å². The molecule has 86 valence electrons. The van der Waals surface area contributed by atoms with E-state index in [1.807, 2.05) is 0 Å². The van der Waals surface area contributed by atoms with E-state index in [1.165, 1.54) is 12.6 Å². The lowest BCUT2D eigenvalue weighted by Crippen LogP contribution is -2.50. The highest BCUT2D eigenvalue weighted by atomic mass is 16.1. The number of aromatic nitrogens is 1. The number of nitrogens with one attached hydrogen (secondary N) is 2. The third-order valence-corrected chi connectivity index (χ3v) is 3.05. The Balaban J connectivity index is 2.03. The van der Waals surface area contributed by atoms with E-state index in [9.17, 15) is 4.79 Å². The van der Waals surface area contributed by atoms with Gasteiger partial charge in [0.05, 0.1) is 5.56 Å². The summed E-state index contributed by atoms with van der Waals surface area (Å²) in [5.74, 6) is 5.67. The van der Waals surface area contributed by atoms with Gasteiger partial charge in [0.1, 0.15) is 5.82 Å². The summed E-state index contributed by atoms with van der Waals surface area (Å²) in [4.78, 5) is 15.8. The summed E-state index contributed by atoms with van der Waals surface area (Å²) in [6, 6.07) is 3.39. The van der Waals surface area contributed by atoms with Crippen molar-refractivity contribution >= 4 is 11.7 Å². The molecule has 0 saturated heterocycles. The van der Waals surface area contributed by atoms with Crippen molar-refractivity contribution in [2.24, 2.45) is 5.84 Å². The van der Waals surface area contributed by atoms with Gasteiger partial charge in [-0.25, -0.2) is 10.8 Å². The SMILES string of the molecule is CC1(NC(=O)c2ccc(NN)nc2)CCC1. The Bertz CT molecular complexity index is 383. The molecule has 5 nitrogen and oxygen atoms in total. The first-order valence-electron chi connectivity index (χ1n) is 5.38. The molecule has 0 aliphatic heterocycles. The Morgan fingerprint density at radius 1 is 1.50 bits per heavy atom. The van der Waals surface area contributed by atoms with Gasteiger partial charge in [-0.3, -0.25) is 4.79 Å². The van der Waals surface area contributed by atoms with E-state index < -0.39 is 0 Å². The van der Waals surface area contributed by atoms with Crippen LogP contribution in [-0.4, -0.2) is 16.4 Å². The monoisotopic (exact) mass is 220 g/mol. The van der Waals surface area contributed by atoms with E-state index in [2.05, 4.69) is 22.7 Å². The van der Waals surface area contributed by atoms with Gasteiger partial charge in [0, 0.05) is 11.7 Å². The molecule has 5 heteroatoms. The lowest BCUT2D eigenvalue weighted by atomic mass is 9.78. The molecule has 0 atom stereocenters. The number of amides is 1. The lowest BCUT2D eigenvalue weighted by molar-refractivity contribution is 0.0850. The van der Waals surface area contributed by atoms with Crippen LogP contribution in [0.2, 0.25) is 0 Å². The van der Waals surface area contributed by atoms with E-state index in [0.29, 0.717) is 11.4 Å². The van der Waals surface area contributed by atoms with Crippen molar-refractivity contribution in [3.8, 4) is 0 Å². The van der Waals surface area contributed by atoms with Crippen molar-refractivity contribution in [1.29, 1.82) is 0 Å². The molecule has 0 radical (unpaired) electrons. The molecule has 1 aromatic rings. The van der Waals surface area contributed by atoms with Crippen LogP contribution < -0.4 is 16.6 Å². The second-order valence-electron chi connectivity index (χ2n) is 4.44. The van der Waals surface area contributed by atoms with Gasteiger partial charge < -0.3 is 10.7 Å². The van der Waals surface area contributed by atoms with Crippen molar-refractivity contribution in [3.05, 3.63) is 23.9 Å². The normalized spacial score (nSPS) is 17.4. The van der Waals surface area contributed by atoms with Crippen LogP contribution in [0.25, 0.3) is 0 Å². The van der Waals surface area contributed by atoms with Crippen LogP contribution in [0.5, 0.6) is 0 Å². The Hall–Kier alpha value is -1.62. The molecular formula is C11H16N4O. The second kappa shape index (κ2) is 4.09. The van der Waals surface area contributed by atoms with Crippen molar-refractivity contribution in [2.75, 3.05) is 5.43 Å². The number of carbonyl (C=O) groups excluding carboxylic acids is 1. The van der Waals surface area contributed by atoms with Crippen molar-refractivity contribution in [3.63, 3.8) is 0 Å². The number of carbonyl (C=O) groups is 1. The summed E-state index contributed by atoms with van der Waals surface area (Å²) in [6.45, 7) is 2.07. The molecule has 16 heavy (non-hydrogen) atoms. The number of nitrogen functional groups attached to an aromatic ring is 1. The zero-order chi connectivity index (χ0) is 11.6. The minimum absolute atomic E-state index is 0.0259. The maximum Gasteiger partial charge on any atom is 0.253 e. The first kappa shape index (κ1) is 10.9. The molecule has 1 amide bonds. The van der Waals surface area contributed by atoms with Crippen LogP contribution in [0.15, 0.2) is 18.3 Å². The summed E-state index contributed by atoms with van der Waals surface area (Å²) < 4.78 is 0. The maximum absolute atomic E-state index is 11.8. The number of pyridine rings is 1. The van der Waals surface area contributed by atoms with Crippen molar-refractivity contribution in [2.45, 2.75) is 31.7 Å². The summed E-state index contributed by atoms with van der Waals surface area (Å²) in [5, 5.41) is 3.02. The fraction of sp³-hybridized carbons (Fsp3) is 0.455. The van der Waals surface area contributed by atoms with Crippen LogP contribution >= 0.6 is 0 Å². The van der Waals surface area contributed by atoms with Gasteiger partial charge in [0.25, 0.3) is 5.91 Å². The molecule has 2 rings (SSSR count). The molecule has 1 fully saturated rings. The Morgan fingerprint density at radius 3 is 2.69 bits per heavy atom. The largest absolute Gasteiger partial charge is 0.347 e. The summed E-state index contributed by atoms with van der Waals surface area (Å²) >= 11 is 0. The van der Waals surface area contributed by atoms with Gasteiger partial charge in [0.15, 0.2) is 0 Å². The van der Waals surface area contributed by atoms with Gasteiger partial charge in [-0.15, -0.1) is 0 Å². The molecule has 1 aliphatic carbocycles. The molecular weight excluding hydrogens is 204 g/mol. The van der Waals surface area contributed by atoms with Crippen LogP contribution in [-0.2, 0) is 0 Å². The van der Waals surface area contributed by atoms with Gasteiger partial charge in [-0.05, 0) is 38.3 Å². The van der Waals surface area contributed by atoms with Crippen molar-refractivity contribution < 1.29 is 4.79 Å². The van der Waals surface area contributed by atoms with E-state index in [0.717, 1.165) is 12.8 Å². The standard InChI is InChI=1S/C11H16N4O/c1-11(5-2-6-11)14-10(16)8-3-4-9(15-12)13-7-8/h3-4,7H,2,5-6,12H2,1H3,(H,13,15)(H,14,16). The Kier molecular flexibility index (Phi) is 2.78. The smallest absolute Gasteiger partial charge is 0.253 e. The molecule has 1 aliphatic rings.